The quantitative estimate of drug-likeness (QED) is 0.619. The number of hydrogen-bond donors (Lipinski definition) is 2. The lowest BCUT2D eigenvalue weighted by Gasteiger charge is -2.33. The molecule has 0 aromatic carbocycles. The van der Waals surface area contributed by atoms with Crippen LogP contribution < -0.4 is 11.3 Å². The number of rotatable bonds is 6. The van der Waals surface area contributed by atoms with Crippen LogP contribution in [0.2, 0.25) is 0 Å². The summed E-state index contributed by atoms with van der Waals surface area (Å²) in [6, 6.07) is 1.73. The lowest BCUT2D eigenvalue weighted by molar-refractivity contribution is -0.0501. The van der Waals surface area contributed by atoms with Gasteiger partial charge < -0.3 is 4.74 Å². The fourth-order valence-corrected chi connectivity index (χ4v) is 2.83. The first-order valence-corrected chi connectivity index (χ1v) is 6.92. The molecule has 5 nitrogen and oxygen atoms in total. The van der Waals surface area contributed by atoms with Crippen molar-refractivity contribution in [2.75, 3.05) is 13.7 Å². The van der Waals surface area contributed by atoms with Gasteiger partial charge in [-0.05, 0) is 24.8 Å². The highest BCUT2D eigenvalue weighted by Crippen LogP contribution is 2.41. The van der Waals surface area contributed by atoms with Crippen LogP contribution in [0.5, 0.6) is 0 Å². The molecule has 7 heteroatoms. The molecule has 3 N–H and O–H groups in total. The highest BCUT2D eigenvalue weighted by atomic mass is 19.3. The average Bonchev–Trinajstić information content (AvgIpc) is 2.87. The Hall–Kier alpha value is -1.05. The van der Waals surface area contributed by atoms with E-state index in [1.54, 1.807) is 13.3 Å². The van der Waals surface area contributed by atoms with Gasteiger partial charge in [0.2, 0.25) is 5.92 Å². The summed E-state index contributed by atoms with van der Waals surface area (Å²) in [7, 11) is 1.63. The molecule has 0 spiro atoms. The van der Waals surface area contributed by atoms with Crippen LogP contribution in [-0.2, 0) is 11.3 Å². The van der Waals surface area contributed by atoms with Gasteiger partial charge in [0, 0.05) is 26.1 Å². The molecule has 1 heterocycles. The van der Waals surface area contributed by atoms with Crippen molar-refractivity contribution in [2.24, 2.45) is 11.8 Å². The van der Waals surface area contributed by atoms with E-state index in [0.717, 1.165) is 5.69 Å². The van der Waals surface area contributed by atoms with Crippen LogP contribution in [0.25, 0.3) is 0 Å². The summed E-state index contributed by atoms with van der Waals surface area (Å²) in [5.74, 6) is 3.24. The van der Waals surface area contributed by atoms with Crippen molar-refractivity contribution < 1.29 is 13.5 Å². The minimum atomic E-state index is -2.52. The zero-order chi connectivity index (χ0) is 14.6. The molecule has 20 heavy (non-hydrogen) atoms. The highest BCUT2D eigenvalue weighted by Gasteiger charge is 2.38. The fourth-order valence-electron chi connectivity index (χ4n) is 2.83. The number of methoxy groups -OCH3 is 1. The summed E-state index contributed by atoms with van der Waals surface area (Å²) in [5, 5.41) is 4.24. The number of alkyl halides is 2. The molecule has 0 saturated heterocycles. The monoisotopic (exact) mass is 288 g/mol. The summed E-state index contributed by atoms with van der Waals surface area (Å²) in [4.78, 5) is 0. The molecule has 1 aliphatic carbocycles. The van der Waals surface area contributed by atoms with Crippen LogP contribution in [0.1, 0.15) is 37.4 Å². The Balaban J connectivity index is 2.07. The lowest BCUT2D eigenvalue weighted by atomic mass is 9.81. The number of hydrazine groups is 1. The third kappa shape index (κ3) is 3.53. The molecule has 1 aliphatic rings. The summed E-state index contributed by atoms with van der Waals surface area (Å²) in [6.07, 6.45) is 2.51. The first-order chi connectivity index (χ1) is 9.57. The maximum absolute atomic E-state index is 13.2. The molecule has 1 aromatic heterocycles. The van der Waals surface area contributed by atoms with Crippen molar-refractivity contribution in [1.82, 2.24) is 15.2 Å². The molecule has 0 aliphatic heterocycles. The van der Waals surface area contributed by atoms with E-state index in [1.165, 1.54) is 0 Å². The SMILES string of the molecule is COCCn1nccc1C(NN)C1CCC(F)(F)CC1. The van der Waals surface area contributed by atoms with Gasteiger partial charge in [-0.2, -0.15) is 5.10 Å². The molecule has 0 amide bonds. The van der Waals surface area contributed by atoms with Crippen molar-refractivity contribution in [3.63, 3.8) is 0 Å². The molecular formula is C13H22F2N4O. The van der Waals surface area contributed by atoms with E-state index in [4.69, 9.17) is 10.6 Å². The van der Waals surface area contributed by atoms with E-state index in [0.29, 0.717) is 26.0 Å². The van der Waals surface area contributed by atoms with E-state index in [1.807, 2.05) is 10.7 Å². The molecule has 1 atom stereocenters. The largest absolute Gasteiger partial charge is 0.383 e. The summed E-state index contributed by atoms with van der Waals surface area (Å²) < 4.78 is 33.4. The predicted molar refractivity (Wildman–Crippen MR) is 71.1 cm³/mol. The smallest absolute Gasteiger partial charge is 0.248 e. The lowest BCUT2D eigenvalue weighted by Crippen LogP contribution is -2.38. The predicted octanol–water partition coefficient (Wildman–Crippen LogP) is 1.86. The first kappa shape index (κ1) is 15.3. The van der Waals surface area contributed by atoms with Gasteiger partial charge in [0.25, 0.3) is 0 Å². The van der Waals surface area contributed by atoms with Gasteiger partial charge >= 0.3 is 0 Å². The number of hydrogen-bond acceptors (Lipinski definition) is 4. The molecule has 1 unspecified atom stereocenters. The Kier molecular flexibility index (Phi) is 5.06. The van der Waals surface area contributed by atoms with Crippen LogP contribution >= 0.6 is 0 Å². The number of ether oxygens (including phenoxy) is 1. The van der Waals surface area contributed by atoms with Gasteiger partial charge in [-0.1, -0.05) is 0 Å². The van der Waals surface area contributed by atoms with Crippen molar-refractivity contribution >= 4 is 0 Å². The maximum atomic E-state index is 13.2. The Morgan fingerprint density at radius 1 is 1.55 bits per heavy atom. The molecule has 0 bridgehead atoms. The second kappa shape index (κ2) is 6.60. The highest BCUT2D eigenvalue weighted by molar-refractivity contribution is 5.09. The number of halogens is 2. The van der Waals surface area contributed by atoms with E-state index in [2.05, 4.69) is 10.5 Å². The zero-order valence-corrected chi connectivity index (χ0v) is 11.7. The van der Waals surface area contributed by atoms with Crippen LogP contribution in [-0.4, -0.2) is 29.4 Å². The van der Waals surface area contributed by atoms with Gasteiger partial charge in [-0.15, -0.1) is 0 Å². The fraction of sp³-hybridized carbons (Fsp3) is 0.769. The summed E-state index contributed by atoms with van der Waals surface area (Å²) in [5.41, 5.74) is 3.70. The van der Waals surface area contributed by atoms with Crippen LogP contribution in [0.15, 0.2) is 12.3 Å². The maximum Gasteiger partial charge on any atom is 0.248 e. The number of nitrogens with one attached hydrogen (secondary N) is 1. The normalized spacial score (nSPS) is 21.0. The molecule has 1 saturated carbocycles. The van der Waals surface area contributed by atoms with Gasteiger partial charge in [-0.3, -0.25) is 16.0 Å². The third-order valence-corrected chi connectivity index (χ3v) is 3.99. The standard InChI is InChI=1S/C13H22F2N4O/c1-20-9-8-19-11(4-7-17-19)12(18-16)10-2-5-13(14,15)6-3-10/h4,7,10,12,18H,2-3,5-6,8-9,16H2,1H3. The molecule has 0 radical (unpaired) electrons. The van der Waals surface area contributed by atoms with E-state index < -0.39 is 5.92 Å². The number of aromatic nitrogens is 2. The van der Waals surface area contributed by atoms with Crippen molar-refractivity contribution in [2.45, 2.75) is 44.2 Å². The van der Waals surface area contributed by atoms with Crippen LogP contribution in [0.3, 0.4) is 0 Å². The Morgan fingerprint density at radius 3 is 2.85 bits per heavy atom. The molecular weight excluding hydrogens is 266 g/mol. The second-order valence-corrected chi connectivity index (χ2v) is 5.31. The Labute approximate surface area is 117 Å². The first-order valence-electron chi connectivity index (χ1n) is 6.92. The number of nitrogens with zero attached hydrogens (tertiary/aromatic N) is 2. The van der Waals surface area contributed by atoms with Gasteiger partial charge in [-0.25, -0.2) is 8.78 Å². The van der Waals surface area contributed by atoms with Gasteiger partial charge in [0.05, 0.1) is 24.9 Å². The minimum Gasteiger partial charge on any atom is -0.383 e. The molecule has 1 fully saturated rings. The van der Waals surface area contributed by atoms with E-state index in [9.17, 15) is 8.78 Å². The van der Waals surface area contributed by atoms with Crippen molar-refractivity contribution in [1.29, 1.82) is 0 Å². The third-order valence-electron chi connectivity index (χ3n) is 3.99. The Bertz CT molecular complexity index is 414. The number of nitrogens with two attached hydrogens (primary N) is 1. The average molecular weight is 288 g/mol. The zero-order valence-electron chi connectivity index (χ0n) is 11.7. The van der Waals surface area contributed by atoms with E-state index >= 15 is 0 Å². The van der Waals surface area contributed by atoms with E-state index in [-0.39, 0.29) is 24.8 Å². The molecule has 2 rings (SSSR count). The van der Waals surface area contributed by atoms with Gasteiger partial charge in [0.1, 0.15) is 0 Å². The summed E-state index contributed by atoms with van der Waals surface area (Å²) >= 11 is 0. The minimum absolute atomic E-state index is 0.0674. The van der Waals surface area contributed by atoms with Crippen LogP contribution in [0, 0.1) is 5.92 Å². The molecule has 1 aromatic rings. The van der Waals surface area contributed by atoms with Crippen molar-refractivity contribution in [3.05, 3.63) is 18.0 Å². The second-order valence-electron chi connectivity index (χ2n) is 5.31. The Morgan fingerprint density at radius 2 is 2.25 bits per heavy atom. The summed E-state index contributed by atoms with van der Waals surface area (Å²) in [6.45, 7) is 1.18. The van der Waals surface area contributed by atoms with Crippen molar-refractivity contribution in [3.8, 4) is 0 Å². The van der Waals surface area contributed by atoms with Crippen LogP contribution in [0.4, 0.5) is 8.78 Å². The van der Waals surface area contributed by atoms with Gasteiger partial charge in [0.15, 0.2) is 0 Å². The topological polar surface area (TPSA) is 65.1 Å². The molecule has 114 valence electrons.